The lowest BCUT2D eigenvalue weighted by atomic mass is 10.1. The van der Waals surface area contributed by atoms with Crippen molar-refractivity contribution in [2.75, 3.05) is 5.75 Å². The number of thioether (sulfide) groups is 1. The lowest BCUT2D eigenvalue weighted by Crippen LogP contribution is -2.10. The number of alkyl halides is 3. The van der Waals surface area contributed by atoms with E-state index < -0.39 is 11.9 Å². The Morgan fingerprint density at radius 2 is 1.73 bits per heavy atom. The smallest absolute Gasteiger partial charge is 0.170 e. The van der Waals surface area contributed by atoms with E-state index in [0.717, 1.165) is 22.9 Å². The van der Waals surface area contributed by atoms with E-state index in [2.05, 4.69) is 0 Å². The lowest BCUT2D eigenvalue weighted by molar-refractivity contribution is -0.105. The number of benzene rings is 1. The maximum absolute atomic E-state index is 12.0. The van der Waals surface area contributed by atoms with Gasteiger partial charge in [0.15, 0.2) is 0 Å². The molecule has 5 heteroatoms. The predicted molar refractivity (Wildman–Crippen MR) is 57.7 cm³/mol. The number of rotatable bonds is 2. The maximum atomic E-state index is 12.0. The fourth-order valence-corrected chi connectivity index (χ4v) is 2.18. The van der Waals surface area contributed by atoms with Gasteiger partial charge in [0.1, 0.15) is 0 Å². The van der Waals surface area contributed by atoms with Gasteiger partial charge in [0.25, 0.3) is 0 Å². The molecular weight excluding hydrogens is 245 g/mol. The first kappa shape index (κ1) is 12.7. The summed E-state index contributed by atoms with van der Waals surface area (Å²) >= 11 is 6.56. The minimum atomic E-state index is -4.16. The molecule has 0 unspecified atom stereocenters. The fraction of sp³-hybridized carbons (Fsp3) is 0.400. The van der Waals surface area contributed by atoms with Crippen molar-refractivity contribution in [1.29, 1.82) is 0 Å². The minimum absolute atomic E-state index is 0.382. The van der Waals surface area contributed by atoms with Gasteiger partial charge in [-0.25, -0.2) is 0 Å². The molecule has 0 bridgehead atoms. The predicted octanol–water partition coefficient (Wildman–Crippen LogP) is 4.61. The van der Waals surface area contributed by atoms with Crippen molar-refractivity contribution in [1.82, 2.24) is 0 Å². The Hall–Kier alpha value is -0.350. The molecule has 0 fully saturated rings. The molecular formula is C10H10ClF3S. The summed E-state index contributed by atoms with van der Waals surface area (Å²) in [5.41, 5.74) is 1.93. The van der Waals surface area contributed by atoms with E-state index in [4.69, 9.17) is 11.6 Å². The van der Waals surface area contributed by atoms with Gasteiger partial charge in [-0.1, -0.05) is 11.6 Å². The summed E-state index contributed by atoms with van der Waals surface area (Å²) in [6, 6.07) is 3.38. The quantitative estimate of drug-likeness (QED) is 0.695. The molecule has 0 saturated carbocycles. The molecule has 0 atom stereocenters. The molecule has 84 valence electrons. The highest BCUT2D eigenvalue weighted by atomic mass is 35.5. The molecule has 0 aliphatic rings. The van der Waals surface area contributed by atoms with Crippen LogP contribution in [0.4, 0.5) is 13.2 Å². The SMILES string of the molecule is Cc1cc(Cl)c(SCC(F)(F)F)cc1C. The highest BCUT2D eigenvalue weighted by molar-refractivity contribution is 7.99. The average Bonchev–Trinajstić information content (AvgIpc) is 2.07. The van der Waals surface area contributed by atoms with Gasteiger partial charge in [0.2, 0.25) is 0 Å². The van der Waals surface area contributed by atoms with Crippen LogP contribution in [0.25, 0.3) is 0 Å². The van der Waals surface area contributed by atoms with Crippen LogP contribution in [-0.2, 0) is 0 Å². The second-order valence-electron chi connectivity index (χ2n) is 3.27. The standard InChI is InChI=1S/C10H10ClF3S/c1-6-3-8(11)9(4-7(6)2)15-5-10(12,13)14/h3-4H,5H2,1-2H3. The minimum Gasteiger partial charge on any atom is -0.170 e. The second-order valence-corrected chi connectivity index (χ2v) is 4.70. The average molecular weight is 255 g/mol. The van der Waals surface area contributed by atoms with Gasteiger partial charge in [0, 0.05) is 4.90 Å². The molecule has 0 saturated heterocycles. The van der Waals surface area contributed by atoms with E-state index in [1.807, 2.05) is 13.8 Å². The third-order valence-corrected chi connectivity index (χ3v) is 3.48. The van der Waals surface area contributed by atoms with E-state index in [1.165, 1.54) is 0 Å². The Morgan fingerprint density at radius 1 is 1.20 bits per heavy atom. The fourth-order valence-electron chi connectivity index (χ4n) is 1.02. The number of hydrogen-bond donors (Lipinski definition) is 0. The van der Waals surface area contributed by atoms with Crippen LogP contribution >= 0.6 is 23.4 Å². The molecule has 0 spiro atoms. The maximum Gasteiger partial charge on any atom is 0.398 e. The van der Waals surface area contributed by atoms with Crippen LogP contribution in [0.5, 0.6) is 0 Å². The Balaban J connectivity index is 2.82. The van der Waals surface area contributed by atoms with Crippen LogP contribution in [0.1, 0.15) is 11.1 Å². The zero-order valence-electron chi connectivity index (χ0n) is 8.28. The van der Waals surface area contributed by atoms with Crippen molar-refractivity contribution >= 4 is 23.4 Å². The topological polar surface area (TPSA) is 0 Å². The van der Waals surface area contributed by atoms with Gasteiger partial charge in [-0.15, -0.1) is 11.8 Å². The van der Waals surface area contributed by atoms with Gasteiger partial charge in [0.05, 0.1) is 10.8 Å². The number of hydrogen-bond acceptors (Lipinski definition) is 1. The van der Waals surface area contributed by atoms with Crippen molar-refractivity contribution in [3.63, 3.8) is 0 Å². The van der Waals surface area contributed by atoms with Gasteiger partial charge >= 0.3 is 6.18 Å². The van der Waals surface area contributed by atoms with E-state index in [-0.39, 0.29) is 0 Å². The summed E-state index contributed by atoms with van der Waals surface area (Å²) in [7, 11) is 0. The third-order valence-electron chi connectivity index (χ3n) is 1.94. The van der Waals surface area contributed by atoms with Crippen LogP contribution in [-0.4, -0.2) is 11.9 Å². The molecule has 0 nitrogen and oxygen atoms in total. The van der Waals surface area contributed by atoms with Crippen LogP contribution < -0.4 is 0 Å². The van der Waals surface area contributed by atoms with Crippen molar-refractivity contribution in [2.24, 2.45) is 0 Å². The number of aryl methyl sites for hydroxylation is 2. The molecule has 0 heterocycles. The molecule has 1 rings (SSSR count). The highest BCUT2D eigenvalue weighted by Crippen LogP contribution is 2.33. The molecule has 0 radical (unpaired) electrons. The van der Waals surface area contributed by atoms with E-state index >= 15 is 0 Å². The summed E-state index contributed by atoms with van der Waals surface area (Å²) in [5, 5.41) is 0.382. The summed E-state index contributed by atoms with van der Waals surface area (Å²) in [4.78, 5) is 0.483. The zero-order valence-corrected chi connectivity index (χ0v) is 9.85. The molecule has 1 aromatic carbocycles. The summed E-state index contributed by atoms with van der Waals surface area (Å²) in [6.07, 6.45) is -4.16. The van der Waals surface area contributed by atoms with Gasteiger partial charge in [-0.3, -0.25) is 0 Å². The molecule has 15 heavy (non-hydrogen) atoms. The molecule has 1 aromatic rings. The van der Waals surface area contributed by atoms with Crippen molar-refractivity contribution in [3.05, 3.63) is 28.3 Å². The van der Waals surface area contributed by atoms with E-state index in [0.29, 0.717) is 9.92 Å². The largest absolute Gasteiger partial charge is 0.398 e. The van der Waals surface area contributed by atoms with Gasteiger partial charge < -0.3 is 0 Å². The Bertz CT molecular complexity index is 360. The van der Waals surface area contributed by atoms with E-state index in [1.54, 1.807) is 12.1 Å². The van der Waals surface area contributed by atoms with Crippen molar-refractivity contribution < 1.29 is 13.2 Å². The number of halogens is 4. The monoisotopic (exact) mass is 254 g/mol. The second kappa shape index (κ2) is 4.66. The Kier molecular flexibility index (Phi) is 3.95. The third kappa shape index (κ3) is 3.95. The summed E-state index contributed by atoms with van der Waals surface area (Å²) in [6.45, 7) is 3.72. The molecule has 0 N–H and O–H groups in total. The van der Waals surface area contributed by atoms with Crippen molar-refractivity contribution in [2.45, 2.75) is 24.9 Å². The van der Waals surface area contributed by atoms with Crippen LogP contribution in [0.3, 0.4) is 0 Å². The first-order valence-electron chi connectivity index (χ1n) is 4.26. The highest BCUT2D eigenvalue weighted by Gasteiger charge is 2.27. The van der Waals surface area contributed by atoms with Crippen molar-refractivity contribution in [3.8, 4) is 0 Å². The van der Waals surface area contributed by atoms with Crippen LogP contribution in [0, 0.1) is 13.8 Å². The van der Waals surface area contributed by atoms with Gasteiger partial charge in [-0.2, -0.15) is 13.2 Å². The first-order chi connectivity index (χ1) is 6.79. The van der Waals surface area contributed by atoms with E-state index in [9.17, 15) is 13.2 Å². The molecule has 0 aliphatic heterocycles. The lowest BCUT2D eigenvalue weighted by Gasteiger charge is -2.09. The molecule has 0 amide bonds. The Labute approximate surface area is 95.8 Å². The molecule has 0 aliphatic carbocycles. The molecule has 0 aromatic heterocycles. The summed E-state index contributed by atoms with van der Waals surface area (Å²) in [5.74, 6) is -0.908. The normalized spacial score (nSPS) is 11.9. The Morgan fingerprint density at radius 3 is 2.27 bits per heavy atom. The van der Waals surface area contributed by atoms with Crippen LogP contribution in [0.2, 0.25) is 5.02 Å². The summed E-state index contributed by atoms with van der Waals surface area (Å²) < 4.78 is 36.0. The van der Waals surface area contributed by atoms with Gasteiger partial charge in [-0.05, 0) is 37.1 Å². The van der Waals surface area contributed by atoms with Crippen LogP contribution in [0.15, 0.2) is 17.0 Å². The first-order valence-corrected chi connectivity index (χ1v) is 5.62. The zero-order chi connectivity index (χ0) is 11.6.